The molecule has 0 radical (unpaired) electrons. The Labute approximate surface area is 198 Å². The van der Waals surface area contributed by atoms with Crippen molar-refractivity contribution in [3.63, 3.8) is 0 Å². The SMILES string of the molecule is COc1cc(C=CC(=O)NCCc2cccc(F)c2)ccc1-n1cnc(C)c1.O=C(O)C(F)(F)F. The topological polar surface area (TPSA) is 93.5 Å². The molecule has 1 amide bonds. The quantitative estimate of drug-likeness (QED) is 0.378. The molecule has 0 saturated heterocycles. The van der Waals surface area contributed by atoms with Gasteiger partial charge in [0.25, 0.3) is 0 Å². The lowest BCUT2D eigenvalue weighted by Crippen LogP contribution is -2.23. The third-order valence-corrected chi connectivity index (χ3v) is 4.47. The molecule has 0 bridgehead atoms. The minimum absolute atomic E-state index is 0.204. The average molecular weight is 493 g/mol. The summed E-state index contributed by atoms with van der Waals surface area (Å²) in [6.45, 7) is 2.36. The number of carbonyl (C=O) groups is 2. The first-order chi connectivity index (χ1) is 16.5. The van der Waals surface area contributed by atoms with Gasteiger partial charge in [0.05, 0.1) is 24.8 Å². The standard InChI is InChI=1S/C22H22FN3O2.C2HF3O2/c1-16-14-26(15-25-16)20-8-6-18(13-21(20)28-2)7-9-22(27)24-11-10-17-4-3-5-19(23)12-17;3-2(4,5)1(6)7/h3-9,12-15H,10-11H2,1-2H3,(H,24,27);(H,6,7). The summed E-state index contributed by atoms with van der Waals surface area (Å²) in [5.74, 6) is -2.55. The first-order valence-electron chi connectivity index (χ1n) is 10.2. The van der Waals surface area contributed by atoms with Crippen LogP contribution in [0.1, 0.15) is 16.8 Å². The Morgan fingerprint density at radius 1 is 1.20 bits per heavy atom. The largest absolute Gasteiger partial charge is 0.495 e. The van der Waals surface area contributed by atoms with Crippen molar-refractivity contribution >= 4 is 18.0 Å². The van der Waals surface area contributed by atoms with Crippen LogP contribution in [0.2, 0.25) is 0 Å². The maximum absolute atomic E-state index is 13.1. The van der Waals surface area contributed by atoms with Crippen molar-refractivity contribution in [2.75, 3.05) is 13.7 Å². The number of alkyl halides is 3. The van der Waals surface area contributed by atoms with E-state index in [1.807, 2.05) is 42.0 Å². The molecule has 0 atom stereocenters. The molecule has 1 heterocycles. The maximum Gasteiger partial charge on any atom is 0.490 e. The number of benzene rings is 2. The van der Waals surface area contributed by atoms with Crippen LogP contribution in [0.4, 0.5) is 17.6 Å². The summed E-state index contributed by atoms with van der Waals surface area (Å²) in [5.41, 5.74) is 3.48. The molecule has 0 aliphatic rings. The van der Waals surface area contributed by atoms with Gasteiger partial charge in [-0.05, 0) is 54.8 Å². The van der Waals surface area contributed by atoms with E-state index in [0.29, 0.717) is 18.7 Å². The van der Waals surface area contributed by atoms with E-state index >= 15 is 0 Å². The Morgan fingerprint density at radius 3 is 2.49 bits per heavy atom. The molecule has 7 nitrogen and oxygen atoms in total. The van der Waals surface area contributed by atoms with Crippen LogP contribution in [0.5, 0.6) is 5.75 Å². The number of carbonyl (C=O) groups excluding carboxylic acids is 1. The van der Waals surface area contributed by atoms with Gasteiger partial charge in [0.1, 0.15) is 11.6 Å². The number of nitrogens with one attached hydrogen (secondary N) is 1. The first-order valence-corrected chi connectivity index (χ1v) is 10.2. The fraction of sp³-hybridized carbons (Fsp3) is 0.208. The number of aryl methyl sites for hydroxylation is 1. The zero-order valence-corrected chi connectivity index (χ0v) is 18.8. The molecule has 2 N–H and O–H groups in total. The molecule has 0 aliphatic carbocycles. The van der Waals surface area contributed by atoms with Gasteiger partial charge in [-0.3, -0.25) is 4.79 Å². The maximum atomic E-state index is 13.1. The van der Waals surface area contributed by atoms with E-state index in [4.69, 9.17) is 14.6 Å². The number of rotatable bonds is 7. The number of nitrogens with zero attached hydrogens (tertiary/aromatic N) is 2. The summed E-state index contributed by atoms with van der Waals surface area (Å²) in [5, 5.41) is 9.92. The van der Waals surface area contributed by atoms with Gasteiger partial charge >= 0.3 is 12.1 Å². The van der Waals surface area contributed by atoms with Crippen LogP contribution in [0, 0.1) is 12.7 Å². The van der Waals surface area contributed by atoms with Gasteiger partial charge in [-0.1, -0.05) is 18.2 Å². The molecule has 0 spiro atoms. The normalized spacial score (nSPS) is 11.0. The summed E-state index contributed by atoms with van der Waals surface area (Å²) in [6, 6.07) is 12.1. The number of amides is 1. The number of carboxylic acids is 1. The number of hydrogen-bond acceptors (Lipinski definition) is 4. The molecule has 3 aromatic rings. The van der Waals surface area contributed by atoms with E-state index in [2.05, 4.69) is 10.3 Å². The van der Waals surface area contributed by atoms with E-state index < -0.39 is 12.1 Å². The van der Waals surface area contributed by atoms with Crippen molar-refractivity contribution in [1.82, 2.24) is 14.9 Å². The Balaban J connectivity index is 0.000000540. The number of imidazole rings is 1. The molecule has 1 aromatic heterocycles. The molecule has 0 unspecified atom stereocenters. The molecular formula is C24H23F4N3O4. The predicted octanol–water partition coefficient (Wildman–Crippen LogP) is 4.33. The summed E-state index contributed by atoms with van der Waals surface area (Å²) >= 11 is 0. The molecule has 186 valence electrons. The Bertz CT molecular complexity index is 1190. The highest BCUT2D eigenvalue weighted by Crippen LogP contribution is 2.25. The van der Waals surface area contributed by atoms with Crippen LogP contribution in [0.3, 0.4) is 0 Å². The van der Waals surface area contributed by atoms with Crippen LogP contribution in [0.25, 0.3) is 11.8 Å². The third-order valence-electron chi connectivity index (χ3n) is 4.47. The van der Waals surface area contributed by atoms with E-state index in [1.54, 1.807) is 25.6 Å². The van der Waals surface area contributed by atoms with Crippen molar-refractivity contribution in [3.05, 3.63) is 83.7 Å². The van der Waals surface area contributed by atoms with Gasteiger partial charge in [0.15, 0.2) is 0 Å². The average Bonchev–Trinajstić information content (AvgIpc) is 3.23. The summed E-state index contributed by atoms with van der Waals surface area (Å²) in [6.07, 6.45) is 2.34. The summed E-state index contributed by atoms with van der Waals surface area (Å²) in [7, 11) is 1.61. The highest BCUT2D eigenvalue weighted by Gasteiger charge is 2.38. The lowest BCUT2D eigenvalue weighted by molar-refractivity contribution is -0.192. The van der Waals surface area contributed by atoms with Crippen LogP contribution in [0.15, 0.2) is 61.1 Å². The van der Waals surface area contributed by atoms with Crippen molar-refractivity contribution in [2.24, 2.45) is 0 Å². The number of carboxylic acid groups (broad SMARTS) is 1. The van der Waals surface area contributed by atoms with Crippen LogP contribution in [-0.4, -0.2) is 46.4 Å². The van der Waals surface area contributed by atoms with Gasteiger partial charge in [-0.25, -0.2) is 14.2 Å². The second kappa shape index (κ2) is 12.4. The van der Waals surface area contributed by atoms with E-state index in [-0.39, 0.29) is 11.7 Å². The molecule has 3 rings (SSSR count). The highest BCUT2D eigenvalue weighted by atomic mass is 19.4. The van der Waals surface area contributed by atoms with Gasteiger partial charge in [-0.2, -0.15) is 13.2 Å². The zero-order valence-electron chi connectivity index (χ0n) is 18.8. The number of ether oxygens (including phenoxy) is 1. The second-order valence-corrected chi connectivity index (χ2v) is 7.16. The number of aliphatic carboxylic acids is 1. The molecule has 0 aliphatic heterocycles. The van der Waals surface area contributed by atoms with Crippen LogP contribution >= 0.6 is 0 Å². The molecule has 2 aromatic carbocycles. The lowest BCUT2D eigenvalue weighted by Gasteiger charge is -2.10. The Hall–Kier alpha value is -4.15. The van der Waals surface area contributed by atoms with Gasteiger partial charge < -0.3 is 19.7 Å². The highest BCUT2D eigenvalue weighted by molar-refractivity contribution is 5.91. The van der Waals surface area contributed by atoms with E-state index in [1.165, 1.54) is 18.2 Å². The van der Waals surface area contributed by atoms with E-state index in [9.17, 15) is 22.4 Å². The van der Waals surface area contributed by atoms with Gasteiger partial charge in [0, 0.05) is 18.8 Å². The van der Waals surface area contributed by atoms with Crippen molar-refractivity contribution < 1.29 is 37.0 Å². The minimum atomic E-state index is -5.08. The first kappa shape index (κ1) is 27.1. The van der Waals surface area contributed by atoms with Crippen molar-refractivity contribution in [2.45, 2.75) is 19.5 Å². The van der Waals surface area contributed by atoms with Gasteiger partial charge in [0.2, 0.25) is 5.91 Å². The smallest absolute Gasteiger partial charge is 0.490 e. The molecule has 0 fully saturated rings. The molecule has 11 heteroatoms. The zero-order chi connectivity index (χ0) is 26.0. The van der Waals surface area contributed by atoms with E-state index in [0.717, 1.165) is 22.5 Å². The fourth-order valence-electron chi connectivity index (χ4n) is 2.82. The number of aromatic nitrogens is 2. The fourth-order valence-corrected chi connectivity index (χ4v) is 2.82. The number of hydrogen-bond donors (Lipinski definition) is 2. The second-order valence-electron chi connectivity index (χ2n) is 7.16. The Kier molecular flexibility index (Phi) is 9.56. The molecular weight excluding hydrogens is 470 g/mol. The number of methoxy groups -OCH3 is 1. The van der Waals surface area contributed by atoms with Crippen LogP contribution in [-0.2, 0) is 16.0 Å². The monoisotopic (exact) mass is 493 g/mol. The molecule has 0 saturated carbocycles. The summed E-state index contributed by atoms with van der Waals surface area (Å²) < 4.78 is 52.2. The number of halogens is 4. The van der Waals surface area contributed by atoms with Crippen molar-refractivity contribution in [3.8, 4) is 11.4 Å². The van der Waals surface area contributed by atoms with Crippen molar-refractivity contribution in [1.29, 1.82) is 0 Å². The van der Waals surface area contributed by atoms with Crippen LogP contribution < -0.4 is 10.1 Å². The minimum Gasteiger partial charge on any atom is -0.495 e. The third kappa shape index (κ3) is 8.95. The Morgan fingerprint density at radius 2 is 1.91 bits per heavy atom. The predicted molar refractivity (Wildman–Crippen MR) is 121 cm³/mol. The summed E-state index contributed by atoms with van der Waals surface area (Å²) in [4.78, 5) is 25.1. The van der Waals surface area contributed by atoms with Gasteiger partial charge in [-0.15, -0.1) is 0 Å². The lowest BCUT2D eigenvalue weighted by atomic mass is 10.1. The molecule has 35 heavy (non-hydrogen) atoms.